The van der Waals surface area contributed by atoms with E-state index in [0.29, 0.717) is 11.9 Å². The lowest BCUT2D eigenvalue weighted by molar-refractivity contribution is 0.356. The molecule has 1 aromatic rings. The molecule has 0 atom stereocenters. The molecule has 0 aliphatic heterocycles. The SMILES string of the molecule is C[Si](C)O[Si](C)(C)COc1ccccc1N. The van der Waals surface area contributed by atoms with Crippen molar-refractivity contribution in [3.8, 4) is 5.75 Å². The molecule has 5 heteroatoms. The van der Waals surface area contributed by atoms with E-state index in [9.17, 15) is 0 Å². The van der Waals surface area contributed by atoms with Gasteiger partial charge in [0.05, 0.1) is 5.69 Å². The number of hydrogen-bond donors (Lipinski definition) is 1. The predicted octanol–water partition coefficient (Wildman–Crippen LogP) is 2.66. The molecule has 1 aromatic carbocycles. The summed E-state index contributed by atoms with van der Waals surface area (Å²) in [5.74, 6) is 0.757. The van der Waals surface area contributed by atoms with Crippen LogP contribution in [0.1, 0.15) is 0 Å². The Kier molecular flexibility index (Phi) is 4.58. The Morgan fingerprint density at radius 1 is 1.25 bits per heavy atom. The summed E-state index contributed by atoms with van der Waals surface area (Å²) < 4.78 is 11.7. The Bertz CT molecular complexity index is 343. The van der Waals surface area contributed by atoms with Crippen LogP contribution in [0.4, 0.5) is 5.69 Å². The van der Waals surface area contributed by atoms with Crippen molar-refractivity contribution in [3.05, 3.63) is 24.3 Å². The fraction of sp³-hybridized carbons (Fsp3) is 0.455. The van der Waals surface area contributed by atoms with E-state index < -0.39 is 17.4 Å². The number of anilines is 1. The van der Waals surface area contributed by atoms with E-state index in [1.54, 1.807) is 0 Å². The van der Waals surface area contributed by atoms with Crippen molar-refractivity contribution in [1.82, 2.24) is 0 Å². The lowest BCUT2D eigenvalue weighted by Crippen LogP contribution is -2.41. The first-order valence-corrected chi connectivity index (χ1v) is 10.9. The van der Waals surface area contributed by atoms with Crippen molar-refractivity contribution in [3.63, 3.8) is 0 Å². The van der Waals surface area contributed by atoms with E-state index in [-0.39, 0.29) is 0 Å². The number of nitrogens with two attached hydrogens (primary N) is 1. The van der Waals surface area contributed by atoms with Gasteiger partial charge in [-0.05, 0) is 38.3 Å². The van der Waals surface area contributed by atoms with Gasteiger partial charge in [0.25, 0.3) is 0 Å². The minimum absolute atomic E-state index is 0.650. The van der Waals surface area contributed by atoms with E-state index in [2.05, 4.69) is 26.2 Å². The monoisotopic (exact) mass is 254 g/mol. The molecule has 0 saturated carbocycles. The van der Waals surface area contributed by atoms with E-state index in [1.165, 1.54) is 0 Å². The first kappa shape index (κ1) is 13.3. The Hall–Kier alpha value is -0.786. The molecule has 1 rings (SSSR count). The molecule has 1 radical (unpaired) electrons. The molecule has 2 N–H and O–H groups in total. The summed E-state index contributed by atoms with van der Waals surface area (Å²) in [7, 11) is -2.36. The van der Waals surface area contributed by atoms with Gasteiger partial charge in [-0.25, -0.2) is 0 Å². The maximum atomic E-state index is 5.97. The first-order chi connectivity index (χ1) is 7.41. The van der Waals surface area contributed by atoms with Crippen molar-refractivity contribution in [2.75, 3.05) is 12.0 Å². The second-order valence-electron chi connectivity index (χ2n) is 4.60. The molecule has 0 heterocycles. The van der Waals surface area contributed by atoms with Gasteiger partial charge >= 0.3 is 0 Å². The van der Waals surface area contributed by atoms with E-state index in [1.807, 2.05) is 24.3 Å². The Morgan fingerprint density at radius 3 is 2.44 bits per heavy atom. The summed E-state index contributed by atoms with van der Waals surface area (Å²) >= 11 is 0. The molecule has 0 bridgehead atoms. The number of rotatable bonds is 5. The van der Waals surface area contributed by atoms with E-state index in [0.717, 1.165) is 5.75 Å². The lowest BCUT2D eigenvalue weighted by Gasteiger charge is -2.25. The second kappa shape index (κ2) is 5.51. The number of hydrogen-bond acceptors (Lipinski definition) is 3. The molecule has 0 spiro atoms. The van der Waals surface area contributed by atoms with Gasteiger partial charge in [-0.3, -0.25) is 0 Å². The van der Waals surface area contributed by atoms with Gasteiger partial charge in [-0.2, -0.15) is 0 Å². The van der Waals surface area contributed by atoms with Gasteiger partial charge in [-0.1, -0.05) is 12.1 Å². The van der Waals surface area contributed by atoms with Gasteiger partial charge < -0.3 is 14.6 Å². The van der Waals surface area contributed by atoms with Crippen LogP contribution < -0.4 is 10.5 Å². The summed E-state index contributed by atoms with van der Waals surface area (Å²) in [4.78, 5) is 0. The molecule has 89 valence electrons. The highest BCUT2D eigenvalue weighted by Crippen LogP contribution is 2.21. The molecular formula is C11H20NO2Si2. The summed E-state index contributed by atoms with van der Waals surface area (Å²) in [5.41, 5.74) is 6.49. The summed E-state index contributed by atoms with van der Waals surface area (Å²) in [6.45, 7) is 8.64. The van der Waals surface area contributed by atoms with Crippen LogP contribution in [0.25, 0.3) is 0 Å². The van der Waals surface area contributed by atoms with Crippen molar-refractivity contribution in [2.24, 2.45) is 0 Å². The average molecular weight is 254 g/mol. The molecule has 0 fully saturated rings. The highest BCUT2D eigenvalue weighted by Gasteiger charge is 2.25. The predicted molar refractivity (Wildman–Crippen MR) is 72.4 cm³/mol. The van der Waals surface area contributed by atoms with E-state index in [4.69, 9.17) is 14.6 Å². The Balaban J connectivity index is 2.54. The molecule has 16 heavy (non-hydrogen) atoms. The van der Waals surface area contributed by atoms with Gasteiger partial charge in [0.2, 0.25) is 8.32 Å². The zero-order valence-electron chi connectivity index (χ0n) is 10.4. The minimum Gasteiger partial charge on any atom is -0.492 e. The third-order valence-electron chi connectivity index (χ3n) is 1.97. The van der Waals surface area contributed by atoms with Crippen LogP contribution >= 0.6 is 0 Å². The smallest absolute Gasteiger partial charge is 0.212 e. The average Bonchev–Trinajstić information content (AvgIpc) is 2.14. The van der Waals surface area contributed by atoms with E-state index >= 15 is 0 Å². The maximum absolute atomic E-state index is 5.97. The molecule has 0 amide bonds. The quantitative estimate of drug-likeness (QED) is 0.649. The molecule has 3 nitrogen and oxygen atoms in total. The number of para-hydroxylation sites is 2. The van der Waals surface area contributed by atoms with Crippen molar-refractivity contribution < 1.29 is 8.85 Å². The van der Waals surface area contributed by atoms with Gasteiger partial charge in [0, 0.05) is 0 Å². The number of nitrogen functional groups attached to an aromatic ring is 1. The third kappa shape index (κ3) is 4.38. The highest BCUT2D eigenvalue weighted by atomic mass is 28.4. The first-order valence-electron chi connectivity index (χ1n) is 5.37. The number of ether oxygens (including phenoxy) is 1. The van der Waals surface area contributed by atoms with Crippen LogP contribution in [0.2, 0.25) is 26.2 Å². The molecule has 0 aromatic heterocycles. The maximum Gasteiger partial charge on any atom is 0.212 e. The molecule has 0 aliphatic carbocycles. The molecular weight excluding hydrogens is 234 g/mol. The van der Waals surface area contributed by atoms with Crippen molar-refractivity contribution >= 4 is 23.0 Å². The molecule has 0 saturated heterocycles. The fourth-order valence-electron chi connectivity index (χ4n) is 1.45. The molecule has 0 aliphatic rings. The summed E-state index contributed by atoms with van der Waals surface area (Å²) in [5, 5.41) is 0. The Morgan fingerprint density at radius 2 is 1.88 bits per heavy atom. The van der Waals surface area contributed by atoms with Crippen LogP contribution in [0, 0.1) is 0 Å². The van der Waals surface area contributed by atoms with Gasteiger partial charge in [-0.15, -0.1) is 0 Å². The van der Waals surface area contributed by atoms with Crippen LogP contribution in [0.15, 0.2) is 24.3 Å². The van der Waals surface area contributed by atoms with Gasteiger partial charge in [0.15, 0.2) is 9.04 Å². The topological polar surface area (TPSA) is 44.5 Å². The highest BCUT2D eigenvalue weighted by molar-refractivity contribution is 6.77. The lowest BCUT2D eigenvalue weighted by atomic mass is 10.3. The van der Waals surface area contributed by atoms with Gasteiger partial charge in [0.1, 0.15) is 12.0 Å². The van der Waals surface area contributed by atoms with Crippen LogP contribution in [0.3, 0.4) is 0 Å². The molecule has 0 unspecified atom stereocenters. The summed E-state index contributed by atoms with van der Waals surface area (Å²) in [6, 6.07) is 7.57. The minimum atomic E-state index is -1.70. The summed E-state index contributed by atoms with van der Waals surface area (Å²) in [6.07, 6.45) is 0.650. The standard InChI is InChI=1S/C11H20NO2Si2/c1-15(2)14-16(3,4)9-13-11-8-6-5-7-10(11)12/h5-8H,9,12H2,1-4H3. The van der Waals surface area contributed by atoms with Crippen LogP contribution in [0.5, 0.6) is 5.75 Å². The Labute approximate surface area is 100 Å². The van der Waals surface area contributed by atoms with Crippen LogP contribution in [-0.4, -0.2) is 23.6 Å². The fourth-order valence-corrected chi connectivity index (χ4v) is 6.61. The third-order valence-corrected chi connectivity index (χ3v) is 6.66. The number of benzene rings is 1. The second-order valence-corrected chi connectivity index (χ2v) is 11.0. The zero-order chi connectivity index (χ0) is 12.2. The van der Waals surface area contributed by atoms with Crippen molar-refractivity contribution in [2.45, 2.75) is 26.2 Å². The van der Waals surface area contributed by atoms with Crippen molar-refractivity contribution in [1.29, 1.82) is 0 Å². The normalized spacial score (nSPS) is 11.8. The van der Waals surface area contributed by atoms with Crippen LogP contribution in [-0.2, 0) is 4.12 Å². The largest absolute Gasteiger partial charge is 0.492 e. The zero-order valence-corrected chi connectivity index (χ0v) is 12.4.